The van der Waals surface area contributed by atoms with Gasteiger partial charge in [0.05, 0.1) is 6.04 Å². The third-order valence-corrected chi connectivity index (χ3v) is 2.74. The van der Waals surface area contributed by atoms with Gasteiger partial charge in [-0.25, -0.2) is 8.78 Å². The summed E-state index contributed by atoms with van der Waals surface area (Å²) in [6, 6.07) is 6.67. The van der Waals surface area contributed by atoms with Gasteiger partial charge in [0.1, 0.15) is 0 Å². The summed E-state index contributed by atoms with van der Waals surface area (Å²) in [6.07, 6.45) is 0.573. The van der Waals surface area contributed by atoms with Crippen LogP contribution in [0.25, 0.3) is 0 Å². The van der Waals surface area contributed by atoms with Crippen LogP contribution in [-0.4, -0.2) is 13.0 Å². The van der Waals surface area contributed by atoms with Gasteiger partial charge in [-0.05, 0) is 30.5 Å². The molecule has 0 radical (unpaired) electrons. The van der Waals surface area contributed by atoms with Crippen molar-refractivity contribution in [2.24, 2.45) is 0 Å². The first-order valence-electron chi connectivity index (χ1n) is 6.29. The molecule has 0 saturated carbocycles. The Morgan fingerprint density at radius 1 is 1.06 bits per heavy atom. The second kappa shape index (κ2) is 7.38. The summed E-state index contributed by atoms with van der Waals surface area (Å²) in [4.78, 5) is 0. The van der Waals surface area contributed by atoms with E-state index in [1.807, 2.05) is 31.2 Å². The van der Waals surface area contributed by atoms with E-state index in [-0.39, 0.29) is 0 Å². The Morgan fingerprint density at radius 2 is 1.71 bits per heavy atom. The molecule has 1 aromatic carbocycles. The Labute approximate surface area is 102 Å². The zero-order valence-electron chi connectivity index (χ0n) is 10.5. The third kappa shape index (κ3) is 4.43. The molecule has 17 heavy (non-hydrogen) atoms. The molecule has 0 bridgehead atoms. The molecule has 1 nitrogen and oxygen atoms in total. The number of rotatable bonds is 7. The summed E-state index contributed by atoms with van der Waals surface area (Å²) in [5.41, 5.74) is 1.88. The predicted molar refractivity (Wildman–Crippen MR) is 67.5 cm³/mol. The van der Waals surface area contributed by atoms with E-state index in [1.165, 1.54) is 5.56 Å². The Morgan fingerprint density at radius 3 is 2.18 bits per heavy atom. The van der Waals surface area contributed by atoms with E-state index in [4.69, 9.17) is 0 Å². The predicted octanol–water partition coefficient (Wildman–Crippen LogP) is 3.94. The van der Waals surface area contributed by atoms with Crippen molar-refractivity contribution in [2.75, 3.05) is 6.54 Å². The zero-order chi connectivity index (χ0) is 12.7. The molecular weight excluding hydrogens is 220 g/mol. The van der Waals surface area contributed by atoms with Crippen molar-refractivity contribution < 1.29 is 8.78 Å². The molecule has 1 unspecified atom stereocenters. The minimum Gasteiger partial charge on any atom is -0.305 e. The quantitative estimate of drug-likeness (QED) is 0.762. The lowest BCUT2D eigenvalue weighted by Crippen LogP contribution is -2.27. The number of halogens is 2. The first kappa shape index (κ1) is 14.1. The Bertz CT molecular complexity index is 309. The van der Waals surface area contributed by atoms with E-state index in [2.05, 4.69) is 12.2 Å². The average Bonchev–Trinajstić information content (AvgIpc) is 2.31. The molecule has 0 fully saturated rings. The standard InChI is InChI=1S/C14H21F2N/c1-3-5-11-6-8-12(9-7-11)13(14(15)16)17-10-4-2/h6-9,13-14,17H,3-5,10H2,1-2H3. The molecule has 96 valence electrons. The highest BCUT2D eigenvalue weighted by molar-refractivity contribution is 5.25. The van der Waals surface area contributed by atoms with Gasteiger partial charge in [-0.15, -0.1) is 0 Å². The van der Waals surface area contributed by atoms with E-state index >= 15 is 0 Å². The number of benzene rings is 1. The van der Waals surface area contributed by atoms with E-state index in [1.54, 1.807) is 0 Å². The number of aryl methyl sites for hydroxylation is 1. The van der Waals surface area contributed by atoms with E-state index < -0.39 is 12.5 Å². The minimum atomic E-state index is -2.36. The van der Waals surface area contributed by atoms with Gasteiger partial charge in [0.15, 0.2) is 0 Å². The zero-order valence-corrected chi connectivity index (χ0v) is 10.5. The Balaban J connectivity index is 2.72. The molecule has 1 aromatic rings. The van der Waals surface area contributed by atoms with Crippen LogP contribution in [0.2, 0.25) is 0 Å². The average molecular weight is 241 g/mol. The van der Waals surface area contributed by atoms with E-state index in [9.17, 15) is 8.78 Å². The maximum absolute atomic E-state index is 12.9. The molecule has 1 rings (SSSR count). The van der Waals surface area contributed by atoms with E-state index in [0.29, 0.717) is 12.1 Å². The number of hydrogen-bond acceptors (Lipinski definition) is 1. The molecule has 0 saturated heterocycles. The monoisotopic (exact) mass is 241 g/mol. The van der Waals surface area contributed by atoms with Gasteiger partial charge in [0.25, 0.3) is 6.43 Å². The second-order valence-corrected chi connectivity index (χ2v) is 4.26. The van der Waals surface area contributed by atoms with Gasteiger partial charge in [-0.2, -0.15) is 0 Å². The summed E-state index contributed by atoms with van der Waals surface area (Å²) >= 11 is 0. The third-order valence-electron chi connectivity index (χ3n) is 2.74. The van der Waals surface area contributed by atoms with Crippen molar-refractivity contribution >= 4 is 0 Å². The molecule has 1 atom stereocenters. The van der Waals surface area contributed by atoms with Crippen molar-refractivity contribution in [3.05, 3.63) is 35.4 Å². The van der Waals surface area contributed by atoms with Gasteiger partial charge in [0.2, 0.25) is 0 Å². The Kier molecular flexibility index (Phi) is 6.12. The van der Waals surface area contributed by atoms with Gasteiger partial charge in [-0.1, -0.05) is 44.5 Å². The molecule has 0 spiro atoms. The molecule has 0 aliphatic rings. The molecule has 0 aromatic heterocycles. The lowest BCUT2D eigenvalue weighted by atomic mass is 10.0. The second-order valence-electron chi connectivity index (χ2n) is 4.26. The van der Waals surface area contributed by atoms with Crippen molar-refractivity contribution in [3.8, 4) is 0 Å². The first-order valence-corrected chi connectivity index (χ1v) is 6.29. The summed E-state index contributed by atoms with van der Waals surface area (Å²) in [6.45, 7) is 4.70. The molecule has 0 aliphatic carbocycles. The molecule has 3 heteroatoms. The Hall–Kier alpha value is -0.960. The van der Waals surface area contributed by atoms with Crippen LogP contribution in [0.3, 0.4) is 0 Å². The first-order chi connectivity index (χ1) is 8.19. The van der Waals surface area contributed by atoms with Crippen LogP contribution < -0.4 is 5.32 Å². The van der Waals surface area contributed by atoms with Gasteiger partial charge < -0.3 is 5.32 Å². The van der Waals surface area contributed by atoms with Crippen molar-refractivity contribution in [3.63, 3.8) is 0 Å². The summed E-state index contributed by atoms with van der Waals surface area (Å²) < 4.78 is 25.8. The minimum absolute atomic E-state index is 0.617. The highest BCUT2D eigenvalue weighted by Crippen LogP contribution is 2.21. The molecule has 1 N–H and O–H groups in total. The van der Waals surface area contributed by atoms with Crippen LogP contribution >= 0.6 is 0 Å². The maximum Gasteiger partial charge on any atom is 0.257 e. The van der Waals surface area contributed by atoms with Gasteiger partial charge >= 0.3 is 0 Å². The fourth-order valence-electron chi connectivity index (χ4n) is 1.83. The van der Waals surface area contributed by atoms with Gasteiger partial charge in [-0.3, -0.25) is 0 Å². The smallest absolute Gasteiger partial charge is 0.257 e. The van der Waals surface area contributed by atoms with Crippen molar-refractivity contribution in [1.29, 1.82) is 0 Å². The number of hydrogen-bond donors (Lipinski definition) is 1. The van der Waals surface area contributed by atoms with Crippen LogP contribution in [0, 0.1) is 0 Å². The molecule has 0 amide bonds. The van der Waals surface area contributed by atoms with Crippen LogP contribution in [-0.2, 0) is 6.42 Å². The number of alkyl halides is 2. The maximum atomic E-state index is 12.9. The summed E-state index contributed by atoms with van der Waals surface area (Å²) in [5.74, 6) is 0. The largest absolute Gasteiger partial charge is 0.305 e. The molecular formula is C14H21F2N. The lowest BCUT2D eigenvalue weighted by Gasteiger charge is -2.18. The topological polar surface area (TPSA) is 12.0 Å². The van der Waals surface area contributed by atoms with Crippen molar-refractivity contribution in [1.82, 2.24) is 5.32 Å². The van der Waals surface area contributed by atoms with Crippen LogP contribution in [0.15, 0.2) is 24.3 Å². The summed E-state index contributed by atoms with van der Waals surface area (Å²) in [5, 5.41) is 2.89. The highest BCUT2D eigenvalue weighted by atomic mass is 19.3. The summed E-state index contributed by atoms with van der Waals surface area (Å²) in [7, 11) is 0. The molecule has 0 heterocycles. The number of nitrogens with one attached hydrogen (secondary N) is 1. The molecule has 0 aliphatic heterocycles. The normalized spacial score (nSPS) is 13.0. The van der Waals surface area contributed by atoms with Crippen LogP contribution in [0.1, 0.15) is 43.9 Å². The van der Waals surface area contributed by atoms with Crippen LogP contribution in [0.5, 0.6) is 0 Å². The van der Waals surface area contributed by atoms with E-state index in [0.717, 1.165) is 19.3 Å². The van der Waals surface area contributed by atoms with Crippen LogP contribution in [0.4, 0.5) is 8.78 Å². The SMILES string of the molecule is CCCNC(c1ccc(CCC)cc1)C(F)F. The van der Waals surface area contributed by atoms with Crippen molar-refractivity contribution in [2.45, 2.75) is 45.6 Å². The van der Waals surface area contributed by atoms with Gasteiger partial charge in [0, 0.05) is 0 Å². The lowest BCUT2D eigenvalue weighted by molar-refractivity contribution is 0.0985. The highest BCUT2D eigenvalue weighted by Gasteiger charge is 2.21. The fraction of sp³-hybridized carbons (Fsp3) is 0.571. The fourth-order valence-corrected chi connectivity index (χ4v) is 1.83.